The summed E-state index contributed by atoms with van der Waals surface area (Å²) < 4.78 is 51.0. The molecule has 55 heavy (non-hydrogen) atoms. The van der Waals surface area contributed by atoms with Crippen molar-refractivity contribution in [3.63, 3.8) is 0 Å². The van der Waals surface area contributed by atoms with Gasteiger partial charge in [0, 0.05) is 29.5 Å². The van der Waals surface area contributed by atoms with Crippen LogP contribution >= 0.6 is 0 Å². The molecule has 3 fully saturated rings. The average molecular weight is 771 g/mol. The molecule has 6 N–H and O–H groups in total. The summed E-state index contributed by atoms with van der Waals surface area (Å²) in [6, 6.07) is 6.08. The summed E-state index contributed by atoms with van der Waals surface area (Å²) in [6.07, 6.45) is 0.546. The number of halogens is 2. The van der Waals surface area contributed by atoms with Crippen LogP contribution in [0, 0.1) is 16.7 Å². The fraction of sp³-hybridized carbons (Fsp3) is 0.615. The van der Waals surface area contributed by atoms with E-state index >= 15 is 8.78 Å². The van der Waals surface area contributed by atoms with E-state index in [1.165, 1.54) is 19.1 Å². The zero-order valence-electron chi connectivity index (χ0n) is 32.0. The second kappa shape index (κ2) is 16.9. The van der Waals surface area contributed by atoms with Gasteiger partial charge in [-0.15, -0.1) is 0 Å². The van der Waals surface area contributed by atoms with Gasteiger partial charge in [-0.2, -0.15) is 0 Å². The Kier molecular flexibility index (Phi) is 12.9. The summed E-state index contributed by atoms with van der Waals surface area (Å²) in [5.74, 6) is -1.67. The van der Waals surface area contributed by atoms with Gasteiger partial charge >= 0.3 is 12.1 Å². The molecular formula is C39H53BF2N4O9. The number of fused-ring (bicyclic) bond motifs is 3. The first-order chi connectivity index (χ1) is 26.0. The van der Waals surface area contributed by atoms with Gasteiger partial charge in [0.2, 0.25) is 5.91 Å². The number of aliphatic hydroxyl groups excluding tert-OH is 1. The number of amides is 4. The zero-order chi connectivity index (χ0) is 40.2. The van der Waals surface area contributed by atoms with Gasteiger partial charge in [0.1, 0.15) is 26.3 Å². The van der Waals surface area contributed by atoms with Crippen LogP contribution in [0.1, 0.15) is 77.7 Å². The van der Waals surface area contributed by atoms with Gasteiger partial charge in [0.15, 0.2) is 23.5 Å². The van der Waals surface area contributed by atoms with Gasteiger partial charge in [-0.05, 0) is 93.1 Å². The average Bonchev–Trinajstić information content (AvgIpc) is 3.62. The van der Waals surface area contributed by atoms with Crippen molar-refractivity contribution in [1.82, 2.24) is 10.6 Å². The van der Waals surface area contributed by atoms with Crippen molar-refractivity contribution in [2.75, 3.05) is 18.4 Å². The van der Waals surface area contributed by atoms with E-state index in [2.05, 4.69) is 16.0 Å². The van der Waals surface area contributed by atoms with Gasteiger partial charge in [0.25, 0.3) is 0 Å². The lowest BCUT2D eigenvalue weighted by Gasteiger charge is -2.56. The van der Waals surface area contributed by atoms with Gasteiger partial charge in [-0.3, -0.25) is 14.4 Å². The minimum Gasteiger partial charge on any atom is -0.445 e. The predicted molar refractivity (Wildman–Crippen MR) is 201 cm³/mol. The first kappa shape index (κ1) is 42.0. The Bertz CT molecular complexity index is 1700. The lowest BCUT2D eigenvalue weighted by Crippen LogP contribution is -2.65. The third kappa shape index (κ3) is 8.22. The van der Waals surface area contributed by atoms with Crippen molar-refractivity contribution in [2.24, 2.45) is 22.5 Å². The molecule has 9 atom stereocenters. The third-order valence-corrected chi connectivity index (χ3v) is 12.1. The number of alkyl carbamates (subject to hydrolysis) is 1. The smallest absolute Gasteiger partial charge is 0.407 e. The number of primary amides is 1. The maximum atomic E-state index is 17.6. The number of urea groups is 1. The van der Waals surface area contributed by atoms with Gasteiger partial charge in [-0.1, -0.05) is 38.5 Å². The number of nitrogens with two attached hydrogens (primary N) is 1. The summed E-state index contributed by atoms with van der Waals surface area (Å²) >= 11 is 0. The van der Waals surface area contributed by atoms with Crippen molar-refractivity contribution >= 4 is 43.1 Å². The number of ketones is 2. The molecule has 0 spiro atoms. The molecule has 16 heteroatoms. The normalized spacial score (nSPS) is 32.8. The molecule has 3 aliphatic carbocycles. The summed E-state index contributed by atoms with van der Waals surface area (Å²) in [7, 11) is 1.61. The number of nitrogens with one attached hydrogen (secondary N) is 3. The highest BCUT2D eigenvalue weighted by Gasteiger charge is 2.76. The van der Waals surface area contributed by atoms with Crippen molar-refractivity contribution in [3.05, 3.63) is 53.6 Å². The number of aliphatic hydroxyl groups is 1. The van der Waals surface area contributed by atoms with Gasteiger partial charge in [-0.25, -0.2) is 18.4 Å². The molecule has 13 nitrogen and oxygen atoms in total. The molecule has 1 unspecified atom stereocenters. The van der Waals surface area contributed by atoms with E-state index in [9.17, 15) is 29.1 Å². The highest BCUT2D eigenvalue weighted by atomic mass is 19.1. The molecular weight excluding hydrogens is 717 g/mol. The largest absolute Gasteiger partial charge is 0.445 e. The van der Waals surface area contributed by atoms with E-state index < -0.39 is 82.9 Å². The first-order valence-electron chi connectivity index (χ1n) is 19.2. The van der Waals surface area contributed by atoms with Crippen LogP contribution in [0.15, 0.2) is 48.1 Å². The molecule has 0 aromatic heterocycles. The molecule has 1 aromatic rings. The maximum absolute atomic E-state index is 17.6. The molecule has 300 valence electrons. The molecule has 4 amide bonds. The van der Waals surface area contributed by atoms with Crippen molar-refractivity contribution in [3.8, 4) is 0 Å². The molecule has 2 saturated carbocycles. The van der Waals surface area contributed by atoms with E-state index in [1.54, 1.807) is 39.0 Å². The number of unbranched alkanes of at least 4 members (excludes halogenated alkanes) is 1. The fourth-order valence-corrected chi connectivity index (χ4v) is 9.03. The Morgan fingerprint density at radius 1 is 1.13 bits per heavy atom. The molecule has 5 rings (SSSR count). The molecule has 0 bridgehead atoms. The third-order valence-electron chi connectivity index (χ3n) is 12.1. The Morgan fingerprint density at radius 2 is 1.85 bits per heavy atom. The Hall–Kier alpha value is -4.15. The standard InChI is InChI=1S/C39H53BF2N4O9/c1-4-7-33-54-31-16-24-18-38(42,36(2)14-13-26(47)17-27(36)28(41)20-40)29(48)19-37(24,3)39(31,55-33)30(49)21-45-35(52)53-22-23-9-11-25(12-10-23)46-32(50)8-5-6-15-44-34(43)51/h9-14,17,24,28-29,31,33,48H,4-8,15-16,18-22,40H2,1-3H3,(H,45,52)(H,46,50)(H3,43,44,51)/t24?,28-,29-,31+,33+,36-,37-,38-,39+/m0/s1. The number of alkyl halides is 2. The van der Waals surface area contributed by atoms with E-state index in [1.807, 2.05) is 6.92 Å². The molecule has 1 heterocycles. The minimum atomic E-state index is -2.37. The summed E-state index contributed by atoms with van der Waals surface area (Å²) in [6.45, 7) is 5.03. The molecule has 1 aromatic carbocycles. The Labute approximate surface area is 320 Å². The number of carbonyl (C=O) groups is 5. The van der Waals surface area contributed by atoms with Gasteiger partial charge < -0.3 is 41.0 Å². The topological polar surface area (TPSA) is 195 Å². The minimum absolute atomic E-state index is 0.0165. The summed E-state index contributed by atoms with van der Waals surface area (Å²) in [5.41, 5.74) is -0.537. The van der Waals surface area contributed by atoms with Crippen LogP contribution in [0.3, 0.4) is 0 Å². The van der Waals surface area contributed by atoms with E-state index in [0.29, 0.717) is 43.5 Å². The number of Topliss-reactive ketones (excluding diaryl/α,β-unsaturated/α-hetero) is 1. The second-order valence-electron chi connectivity index (χ2n) is 15.6. The van der Waals surface area contributed by atoms with Crippen LogP contribution in [0.4, 0.5) is 24.1 Å². The second-order valence-corrected chi connectivity index (χ2v) is 15.6. The van der Waals surface area contributed by atoms with E-state index in [4.69, 9.17) is 19.9 Å². The van der Waals surface area contributed by atoms with Crippen LogP contribution < -0.4 is 21.7 Å². The van der Waals surface area contributed by atoms with Crippen LogP contribution in [0.2, 0.25) is 6.32 Å². The number of rotatable bonds is 16. The van der Waals surface area contributed by atoms with Gasteiger partial charge in [0.05, 0.1) is 18.8 Å². The molecule has 1 aliphatic heterocycles. The SMILES string of the molecule is BC[C@H](F)C1=CC(=O)C=C[C@]1(C)[C@]1(F)CC2C[C@H]3O[C@@H](CCC)O[C@@]3(C(=O)CNC(=O)OCc3ccc(NC(=O)CCCCNC(N)=O)cc3)[C@@]2(C)C[C@@H]1O. The number of anilines is 1. The zero-order valence-corrected chi connectivity index (χ0v) is 32.0. The van der Waals surface area contributed by atoms with Crippen molar-refractivity contribution < 1.29 is 52.1 Å². The molecule has 4 aliphatic rings. The Morgan fingerprint density at radius 3 is 2.53 bits per heavy atom. The number of hydrogen-bond donors (Lipinski definition) is 5. The number of hydrogen-bond acceptors (Lipinski definition) is 9. The quantitative estimate of drug-likeness (QED) is 0.122. The number of ether oxygens (including phenoxy) is 3. The van der Waals surface area contributed by atoms with Crippen LogP contribution in [-0.2, 0) is 35.2 Å². The van der Waals surface area contributed by atoms with Crippen LogP contribution in [0.5, 0.6) is 0 Å². The number of allylic oxidation sites excluding steroid dienone is 4. The lowest BCUT2D eigenvalue weighted by atomic mass is 9.51. The van der Waals surface area contributed by atoms with Crippen LogP contribution in [0.25, 0.3) is 0 Å². The number of benzene rings is 1. The monoisotopic (exact) mass is 770 g/mol. The van der Waals surface area contributed by atoms with E-state index in [-0.39, 0.29) is 50.1 Å². The molecule has 0 radical (unpaired) electrons. The number of carbonyl (C=O) groups excluding carboxylic acids is 5. The highest BCUT2D eigenvalue weighted by Crippen LogP contribution is 2.67. The maximum Gasteiger partial charge on any atom is 0.407 e. The first-order valence-corrected chi connectivity index (χ1v) is 19.2. The predicted octanol–water partition coefficient (Wildman–Crippen LogP) is 3.89. The fourth-order valence-electron chi connectivity index (χ4n) is 9.03. The summed E-state index contributed by atoms with van der Waals surface area (Å²) in [5, 5.41) is 19.5. The molecule has 1 saturated heterocycles. The Balaban J connectivity index is 1.22. The highest BCUT2D eigenvalue weighted by molar-refractivity contribution is 6.09. The van der Waals surface area contributed by atoms with E-state index in [0.717, 1.165) is 6.08 Å². The van der Waals surface area contributed by atoms with Crippen LogP contribution in [-0.4, -0.2) is 91.6 Å². The van der Waals surface area contributed by atoms with Crippen molar-refractivity contribution in [1.29, 1.82) is 0 Å². The lowest BCUT2D eigenvalue weighted by molar-refractivity contribution is -0.203. The van der Waals surface area contributed by atoms with Crippen molar-refractivity contribution in [2.45, 2.75) is 121 Å². The summed E-state index contributed by atoms with van der Waals surface area (Å²) in [4.78, 5) is 62.4.